The van der Waals surface area contributed by atoms with Crippen molar-refractivity contribution < 1.29 is 18.7 Å². The van der Waals surface area contributed by atoms with Crippen LogP contribution in [-0.4, -0.2) is 51.2 Å². The first-order chi connectivity index (χ1) is 22.4. The third-order valence-electron chi connectivity index (χ3n) is 7.05. The number of alkyl carbamates (subject to hydrolysis) is 1. The van der Waals surface area contributed by atoms with Crippen molar-refractivity contribution in [3.8, 4) is 11.9 Å². The van der Waals surface area contributed by atoms with E-state index in [9.17, 15) is 10.1 Å². The van der Waals surface area contributed by atoms with E-state index in [-0.39, 0.29) is 25.1 Å². The van der Waals surface area contributed by atoms with Crippen molar-refractivity contribution in [1.82, 2.24) is 30.2 Å². The molecule has 230 valence electrons. The van der Waals surface area contributed by atoms with Crippen molar-refractivity contribution in [2.75, 3.05) is 30.8 Å². The summed E-state index contributed by atoms with van der Waals surface area (Å²) < 4.78 is 16.9. The van der Waals surface area contributed by atoms with Gasteiger partial charge in [-0.1, -0.05) is 48.5 Å². The van der Waals surface area contributed by atoms with Gasteiger partial charge in [-0.15, -0.1) is 0 Å². The number of allylic oxidation sites excluding steroid dienone is 1. The number of aromatic amines is 1. The fourth-order valence-corrected chi connectivity index (χ4v) is 4.58. The summed E-state index contributed by atoms with van der Waals surface area (Å²) in [6.07, 6.45) is 2.73. The highest BCUT2D eigenvalue weighted by Gasteiger charge is 2.12. The molecular formula is C33H29N9O4. The standard InChI is InChI=1S/C33H29N9O4/c1-42(25-12-10-21(11-13-25)16-24(17-34)30-39-26-4-2-3-5-27(26)46-30)14-15-44-33(43)36-18-22-6-8-23(9-7-22)19-45-31-28-29(38-20-37-28)40-32(35)41-31/h2-13,16,20H,14-15,18-19H2,1H3,(H,36,43)(H3,35,37,38,40,41)/b24-16+. The molecule has 0 saturated carbocycles. The van der Waals surface area contributed by atoms with Crippen molar-refractivity contribution in [3.63, 3.8) is 0 Å². The number of anilines is 2. The third-order valence-corrected chi connectivity index (χ3v) is 7.05. The van der Waals surface area contributed by atoms with E-state index in [1.165, 1.54) is 6.33 Å². The fourth-order valence-electron chi connectivity index (χ4n) is 4.58. The highest BCUT2D eigenvalue weighted by Crippen LogP contribution is 2.24. The number of ether oxygens (including phenoxy) is 2. The lowest BCUT2D eigenvalue weighted by molar-refractivity contribution is 0.148. The van der Waals surface area contributed by atoms with Crippen LogP contribution in [0.15, 0.2) is 83.5 Å². The lowest BCUT2D eigenvalue weighted by Gasteiger charge is -2.19. The van der Waals surface area contributed by atoms with Crippen LogP contribution in [0.3, 0.4) is 0 Å². The zero-order valence-electron chi connectivity index (χ0n) is 24.8. The number of oxazole rings is 1. The van der Waals surface area contributed by atoms with E-state index in [0.717, 1.165) is 22.4 Å². The van der Waals surface area contributed by atoms with Crippen molar-refractivity contribution in [2.24, 2.45) is 0 Å². The lowest BCUT2D eigenvalue weighted by atomic mass is 10.1. The second kappa shape index (κ2) is 13.5. The monoisotopic (exact) mass is 615 g/mol. The summed E-state index contributed by atoms with van der Waals surface area (Å²) in [5.74, 6) is 0.683. The SMILES string of the molecule is CN(CCOC(=O)NCc1ccc(COc2nc(N)nc3[nH]cnc23)cc1)c1ccc(/C=C(\C#N)c2nc3ccccc3o2)cc1. The molecule has 0 unspecified atom stereocenters. The van der Waals surface area contributed by atoms with Gasteiger partial charge in [0.05, 0.1) is 12.9 Å². The normalized spacial score (nSPS) is 11.3. The molecule has 0 spiro atoms. The number of fused-ring (bicyclic) bond motifs is 2. The predicted molar refractivity (Wildman–Crippen MR) is 172 cm³/mol. The molecule has 0 fully saturated rings. The van der Waals surface area contributed by atoms with Gasteiger partial charge in [-0.3, -0.25) is 0 Å². The molecule has 3 heterocycles. The van der Waals surface area contributed by atoms with Crippen molar-refractivity contribution >= 4 is 51.6 Å². The second-order valence-corrected chi connectivity index (χ2v) is 10.3. The van der Waals surface area contributed by atoms with Crippen LogP contribution in [0.25, 0.3) is 33.9 Å². The van der Waals surface area contributed by atoms with Crippen molar-refractivity contribution in [1.29, 1.82) is 5.26 Å². The lowest BCUT2D eigenvalue weighted by Crippen LogP contribution is -2.28. The first-order valence-corrected chi connectivity index (χ1v) is 14.3. The number of nitriles is 1. The molecule has 0 radical (unpaired) electrons. The molecular weight excluding hydrogens is 586 g/mol. The highest BCUT2D eigenvalue weighted by atomic mass is 16.5. The number of nitrogens with one attached hydrogen (secondary N) is 2. The number of carbonyl (C=O) groups is 1. The Morgan fingerprint density at radius 1 is 1.07 bits per heavy atom. The van der Waals surface area contributed by atoms with Crippen molar-refractivity contribution in [3.05, 3.63) is 102 Å². The van der Waals surface area contributed by atoms with Crippen LogP contribution in [-0.2, 0) is 17.9 Å². The number of benzene rings is 3. The van der Waals surface area contributed by atoms with E-state index in [2.05, 4.69) is 36.3 Å². The molecule has 46 heavy (non-hydrogen) atoms. The molecule has 0 atom stereocenters. The zero-order chi connectivity index (χ0) is 31.9. The summed E-state index contributed by atoms with van der Waals surface area (Å²) in [7, 11) is 1.91. The molecule has 3 aromatic carbocycles. The molecule has 6 rings (SSSR count). The number of likely N-dealkylation sites (N-methyl/N-ethyl adjacent to an activating group) is 1. The van der Waals surface area contributed by atoms with E-state index in [0.29, 0.717) is 46.8 Å². The maximum Gasteiger partial charge on any atom is 0.407 e. The molecule has 6 aromatic rings. The number of carbonyl (C=O) groups excluding carboxylic acids is 1. The molecule has 13 heteroatoms. The topological polar surface area (TPSA) is 181 Å². The van der Waals surface area contributed by atoms with Crippen LogP contribution >= 0.6 is 0 Å². The fraction of sp³-hybridized carbons (Fsp3) is 0.152. The van der Waals surface area contributed by atoms with Gasteiger partial charge in [0.1, 0.15) is 30.4 Å². The molecule has 0 bridgehead atoms. The Hall–Kier alpha value is -6.42. The summed E-state index contributed by atoms with van der Waals surface area (Å²) in [5, 5.41) is 12.4. The van der Waals surface area contributed by atoms with Gasteiger partial charge in [0.15, 0.2) is 16.7 Å². The number of nitrogens with two attached hydrogens (primary N) is 1. The Balaban J connectivity index is 0.933. The summed E-state index contributed by atoms with van der Waals surface area (Å²) in [6, 6.07) is 24.8. The number of amides is 1. The number of H-pyrrole nitrogens is 1. The number of imidazole rings is 1. The molecule has 3 aromatic heterocycles. The molecule has 4 N–H and O–H groups in total. The van der Waals surface area contributed by atoms with Gasteiger partial charge in [0, 0.05) is 19.3 Å². The first kappa shape index (κ1) is 29.6. The van der Waals surface area contributed by atoms with Gasteiger partial charge in [-0.25, -0.2) is 14.8 Å². The van der Waals surface area contributed by atoms with E-state index < -0.39 is 6.09 Å². The molecule has 13 nitrogen and oxygen atoms in total. The second-order valence-electron chi connectivity index (χ2n) is 10.3. The van der Waals surface area contributed by atoms with E-state index >= 15 is 0 Å². The maximum atomic E-state index is 12.3. The van der Waals surface area contributed by atoms with Gasteiger partial charge in [0.2, 0.25) is 17.7 Å². The average molecular weight is 616 g/mol. The zero-order valence-corrected chi connectivity index (χ0v) is 24.8. The summed E-state index contributed by atoms with van der Waals surface area (Å²) in [6.45, 7) is 1.27. The molecule has 0 aliphatic carbocycles. The number of hydrogen-bond donors (Lipinski definition) is 3. The number of rotatable bonds is 11. The summed E-state index contributed by atoms with van der Waals surface area (Å²) in [5.41, 5.74) is 12.0. The average Bonchev–Trinajstić information content (AvgIpc) is 3.73. The number of para-hydroxylation sites is 2. The quantitative estimate of drug-likeness (QED) is 0.165. The molecule has 0 aliphatic heterocycles. The summed E-state index contributed by atoms with van der Waals surface area (Å²) >= 11 is 0. The van der Waals surface area contributed by atoms with E-state index in [4.69, 9.17) is 19.6 Å². The summed E-state index contributed by atoms with van der Waals surface area (Å²) in [4.78, 5) is 33.9. The van der Waals surface area contributed by atoms with Crippen LogP contribution in [0.2, 0.25) is 0 Å². The Bertz CT molecular complexity index is 2010. The van der Waals surface area contributed by atoms with Gasteiger partial charge >= 0.3 is 6.09 Å². The Morgan fingerprint density at radius 3 is 2.63 bits per heavy atom. The molecule has 0 aliphatic rings. The minimum absolute atomic E-state index is 0.0963. The van der Waals surface area contributed by atoms with Crippen LogP contribution in [0.1, 0.15) is 22.6 Å². The highest BCUT2D eigenvalue weighted by molar-refractivity contribution is 5.89. The minimum atomic E-state index is -0.506. The Labute approximate surface area is 263 Å². The number of nitrogen functional groups attached to an aromatic ring is 1. The Kier molecular flexibility index (Phi) is 8.69. The largest absolute Gasteiger partial charge is 0.471 e. The third kappa shape index (κ3) is 7.03. The van der Waals surface area contributed by atoms with Crippen LogP contribution in [0.4, 0.5) is 16.4 Å². The number of aromatic nitrogens is 5. The molecule has 0 saturated heterocycles. The van der Waals surface area contributed by atoms with Crippen LogP contribution in [0, 0.1) is 11.3 Å². The van der Waals surface area contributed by atoms with Gasteiger partial charge in [-0.2, -0.15) is 15.2 Å². The van der Waals surface area contributed by atoms with E-state index in [1.807, 2.05) is 84.7 Å². The number of hydrogen-bond acceptors (Lipinski definition) is 11. The van der Waals surface area contributed by atoms with Gasteiger partial charge < -0.3 is 34.8 Å². The maximum absolute atomic E-state index is 12.3. The van der Waals surface area contributed by atoms with Gasteiger partial charge in [0.25, 0.3) is 0 Å². The van der Waals surface area contributed by atoms with Gasteiger partial charge in [-0.05, 0) is 47.0 Å². The van der Waals surface area contributed by atoms with E-state index in [1.54, 1.807) is 6.08 Å². The van der Waals surface area contributed by atoms with Crippen molar-refractivity contribution in [2.45, 2.75) is 13.2 Å². The molecule has 1 amide bonds. The Morgan fingerprint density at radius 2 is 1.85 bits per heavy atom. The minimum Gasteiger partial charge on any atom is -0.471 e. The van der Waals surface area contributed by atoms with Crippen LogP contribution < -0.4 is 20.7 Å². The predicted octanol–water partition coefficient (Wildman–Crippen LogP) is 5.08. The number of nitrogens with zero attached hydrogens (tertiary/aromatic N) is 6. The smallest absolute Gasteiger partial charge is 0.407 e. The van der Waals surface area contributed by atoms with Crippen LogP contribution in [0.5, 0.6) is 5.88 Å². The first-order valence-electron chi connectivity index (χ1n) is 14.3.